The molecule has 1 heterocycles. The molecule has 0 spiro atoms. The monoisotopic (exact) mass is 450 g/mol. The van der Waals surface area contributed by atoms with Gasteiger partial charge in [-0.2, -0.15) is 5.26 Å². The number of halogens is 2. The zero-order chi connectivity index (χ0) is 18.0. The first-order valence-electron chi connectivity index (χ1n) is 8.23. The number of hydrogen-bond donors (Lipinski definition) is 0. The molecule has 130 valence electrons. The van der Waals surface area contributed by atoms with E-state index in [9.17, 15) is 9.65 Å². The molecule has 0 saturated carbocycles. The van der Waals surface area contributed by atoms with E-state index in [1.165, 1.54) is 12.1 Å². The molecule has 0 aliphatic carbocycles. The molecule has 2 aromatic rings. The highest BCUT2D eigenvalue weighted by Gasteiger charge is 2.45. The van der Waals surface area contributed by atoms with Crippen molar-refractivity contribution in [2.45, 2.75) is 22.6 Å². The first-order chi connectivity index (χ1) is 12.0. The molecule has 2 aromatic carbocycles. The number of alkyl halides is 1. The lowest BCUT2D eigenvalue weighted by molar-refractivity contribution is -0.0117. The van der Waals surface area contributed by atoms with Crippen LogP contribution in [0.4, 0.5) is 4.39 Å². The first kappa shape index (κ1) is 18.3. The fraction of sp³-hybridized carbons (Fsp3) is 0.350. The van der Waals surface area contributed by atoms with Crippen LogP contribution in [0.2, 0.25) is 0 Å². The molecule has 25 heavy (non-hydrogen) atoms. The van der Waals surface area contributed by atoms with Gasteiger partial charge in [-0.3, -0.25) is 0 Å². The Balaban J connectivity index is 2.07. The molecule has 3 rings (SSSR count). The third-order valence-corrected chi connectivity index (χ3v) is 5.53. The second kappa shape index (κ2) is 7.40. The minimum atomic E-state index is -0.598. The van der Waals surface area contributed by atoms with Crippen LogP contribution in [0.25, 0.3) is 0 Å². The minimum Gasteiger partial charge on any atom is -0.347 e. The molecular formula is C20H20FIN2O. The molecule has 2 atom stereocenters. The lowest BCUT2D eigenvalue weighted by Crippen LogP contribution is -2.29. The molecule has 1 aliphatic rings. The van der Waals surface area contributed by atoms with Crippen LogP contribution >= 0.6 is 22.6 Å². The second-order valence-corrected chi connectivity index (χ2v) is 7.72. The molecule has 1 aliphatic heterocycles. The van der Waals surface area contributed by atoms with E-state index >= 15 is 0 Å². The van der Waals surface area contributed by atoms with Gasteiger partial charge in [-0.15, -0.1) is 0 Å². The van der Waals surface area contributed by atoms with Gasteiger partial charge < -0.3 is 9.64 Å². The summed E-state index contributed by atoms with van der Waals surface area (Å²) in [4.78, 5) is 2.15. The number of nitriles is 1. The molecule has 0 bridgehead atoms. The predicted molar refractivity (Wildman–Crippen MR) is 104 cm³/mol. The molecule has 0 fully saturated rings. The Morgan fingerprint density at radius 3 is 2.60 bits per heavy atom. The quantitative estimate of drug-likeness (QED) is 0.488. The Hall–Kier alpha value is -1.49. The summed E-state index contributed by atoms with van der Waals surface area (Å²) in [6.07, 6.45) is 1.75. The lowest BCUT2D eigenvalue weighted by atomic mass is 9.81. The summed E-state index contributed by atoms with van der Waals surface area (Å²) in [6.45, 7) is 0.948. The Morgan fingerprint density at radius 2 is 1.96 bits per heavy atom. The predicted octanol–water partition coefficient (Wildman–Crippen LogP) is 4.75. The van der Waals surface area contributed by atoms with E-state index < -0.39 is 5.60 Å². The maximum absolute atomic E-state index is 13.4. The van der Waals surface area contributed by atoms with Gasteiger partial charge in [-0.25, -0.2) is 4.39 Å². The molecule has 2 unspecified atom stereocenters. The van der Waals surface area contributed by atoms with Crippen molar-refractivity contribution in [2.24, 2.45) is 0 Å². The Kier molecular flexibility index (Phi) is 5.42. The highest BCUT2D eigenvalue weighted by Crippen LogP contribution is 2.52. The van der Waals surface area contributed by atoms with Gasteiger partial charge in [0.2, 0.25) is 0 Å². The van der Waals surface area contributed by atoms with Crippen molar-refractivity contribution in [2.75, 3.05) is 20.6 Å². The molecular weight excluding hydrogens is 430 g/mol. The highest BCUT2D eigenvalue weighted by molar-refractivity contribution is 14.1. The largest absolute Gasteiger partial charge is 0.347 e. The summed E-state index contributed by atoms with van der Waals surface area (Å²) in [7, 11) is 4.10. The maximum Gasteiger partial charge on any atom is 0.135 e. The SMILES string of the molecule is CN(C)CCCC1(c2ccc(F)cc2)OC(I)c2cc(C#N)ccc21. The fourth-order valence-corrected chi connectivity index (χ4v) is 4.37. The average molecular weight is 450 g/mol. The van der Waals surface area contributed by atoms with Gasteiger partial charge in [-0.05, 0) is 97.0 Å². The molecule has 5 heteroatoms. The second-order valence-electron chi connectivity index (χ2n) is 6.59. The first-order valence-corrected chi connectivity index (χ1v) is 9.48. The highest BCUT2D eigenvalue weighted by atomic mass is 127. The van der Waals surface area contributed by atoms with Crippen molar-refractivity contribution >= 4 is 22.6 Å². The van der Waals surface area contributed by atoms with Crippen molar-refractivity contribution in [3.8, 4) is 6.07 Å². The van der Waals surface area contributed by atoms with Crippen LogP contribution in [0.3, 0.4) is 0 Å². The van der Waals surface area contributed by atoms with Crippen molar-refractivity contribution in [1.82, 2.24) is 4.90 Å². The van der Waals surface area contributed by atoms with E-state index in [4.69, 9.17) is 4.74 Å². The molecule has 0 aromatic heterocycles. The van der Waals surface area contributed by atoms with E-state index in [1.54, 1.807) is 0 Å². The van der Waals surface area contributed by atoms with Crippen LogP contribution in [0.1, 0.15) is 39.2 Å². The molecule has 3 nitrogen and oxygen atoms in total. The van der Waals surface area contributed by atoms with Crippen LogP contribution in [-0.4, -0.2) is 25.5 Å². The Bertz CT molecular complexity index is 800. The molecule has 0 amide bonds. The molecule has 0 radical (unpaired) electrons. The number of fused-ring (bicyclic) bond motifs is 1. The van der Waals surface area contributed by atoms with Gasteiger partial charge in [-0.1, -0.05) is 18.2 Å². The molecule has 0 saturated heterocycles. The van der Waals surface area contributed by atoms with Crippen molar-refractivity contribution in [1.29, 1.82) is 5.26 Å². The average Bonchev–Trinajstić information content (AvgIpc) is 2.88. The zero-order valence-corrected chi connectivity index (χ0v) is 16.5. The van der Waals surface area contributed by atoms with Crippen LogP contribution in [0.15, 0.2) is 42.5 Å². The third-order valence-electron chi connectivity index (χ3n) is 4.61. The smallest absolute Gasteiger partial charge is 0.135 e. The van der Waals surface area contributed by atoms with E-state index in [1.807, 2.05) is 44.4 Å². The van der Waals surface area contributed by atoms with Gasteiger partial charge in [0, 0.05) is 0 Å². The van der Waals surface area contributed by atoms with Gasteiger partial charge in [0.15, 0.2) is 0 Å². The summed E-state index contributed by atoms with van der Waals surface area (Å²) in [5.74, 6) is -0.253. The topological polar surface area (TPSA) is 36.3 Å². The summed E-state index contributed by atoms with van der Waals surface area (Å²) in [5, 5.41) is 9.19. The maximum atomic E-state index is 13.4. The Morgan fingerprint density at radius 1 is 1.24 bits per heavy atom. The zero-order valence-electron chi connectivity index (χ0n) is 14.3. The third kappa shape index (κ3) is 3.57. The number of hydrogen-bond acceptors (Lipinski definition) is 3. The van der Waals surface area contributed by atoms with Crippen LogP contribution in [0.5, 0.6) is 0 Å². The van der Waals surface area contributed by atoms with Crippen LogP contribution < -0.4 is 0 Å². The van der Waals surface area contributed by atoms with Gasteiger partial charge >= 0.3 is 0 Å². The summed E-state index contributed by atoms with van der Waals surface area (Å²) in [5.41, 5.74) is 3.11. The Labute approximate surface area is 161 Å². The van der Waals surface area contributed by atoms with E-state index in [0.29, 0.717) is 5.56 Å². The minimum absolute atomic E-state index is 0.134. The number of ether oxygens (including phenoxy) is 1. The van der Waals surface area contributed by atoms with Gasteiger partial charge in [0.25, 0.3) is 0 Å². The fourth-order valence-electron chi connectivity index (χ4n) is 3.42. The van der Waals surface area contributed by atoms with Crippen molar-refractivity contribution in [3.05, 3.63) is 70.5 Å². The van der Waals surface area contributed by atoms with Gasteiger partial charge in [0.1, 0.15) is 15.5 Å². The number of benzene rings is 2. The number of rotatable bonds is 5. The van der Waals surface area contributed by atoms with Crippen LogP contribution in [-0.2, 0) is 10.3 Å². The summed E-state index contributed by atoms with van der Waals surface area (Å²) in [6, 6.07) is 14.5. The van der Waals surface area contributed by atoms with E-state index in [2.05, 4.69) is 33.6 Å². The summed E-state index contributed by atoms with van der Waals surface area (Å²) >= 11 is 2.26. The summed E-state index contributed by atoms with van der Waals surface area (Å²) < 4.78 is 19.8. The lowest BCUT2D eigenvalue weighted by Gasteiger charge is -2.31. The standard InChI is InChI=1S/C20H20FIN2O/c1-24(2)11-3-10-20(15-5-7-16(21)8-6-15)18-9-4-14(13-23)12-17(18)19(22)25-20/h4-9,12,19H,3,10-11H2,1-2H3. The van der Waals surface area contributed by atoms with E-state index in [0.717, 1.165) is 36.1 Å². The molecule has 0 N–H and O–H groups in total. The van der Waals surface area contributed by atoms with Crippen molar-refractivity contribution in [3.63, 3.8) is 0 Å². The van der Waals surface area contributed by atoms with E-state index in [-0.39, 0.29) is 9.93 Å². The van der Waals surface area contributed by atoms with Crippen molar-refractivity contribution < 1.29 is 9.13 Å². The van der Waals surface area contributed by atoms with Gasteiger partial charge in [0.05, 0.1) is 11.6 Å². The normalized spacial score (nSPS) is 22.0. The van der Waals surface area contributed by atoms with Crippen LogP contribution in [0, 0.1) is 17.1 Å². The number of nitrogens with zero attached hydrogens (tertiary/aromatic N) is 2.